The molecule has 0 atom stereocenters. The summed E-state index contributed by atoms with van der Waals surface area (Å²) in [7, 11) is 0. The number of anilines is 1. The van der Waals surface area contributed by atoms with Gasteiger partial charge in [0.15, 0.2) is 0 Å². The van der Waals surface area contributed by atoms with E-state index in [0.29, 0.717) is 24.3 Å². The number of amides is 1. The van der Waals surface area contributed by atoms with E-state index in [1.54, 1.807) is 12.1 Å². The van der Waals surface area contributed by atoms with Crippen LogP contribution in [0.4, 0.5) is 5.69 Å². The fraction of sp³-hybridized carbons (Fsp3) is 0.300. The van der Waals surface area contributed by atoms with Gasteiger partial charge in [0.05, 0.1) is 30.8 Å². The summed E-state index contributed by atoms with van der Waals surface area (Å²) in [6.07, 6.45) is 2.05. The Morgan fingerprint density at radius 3 is 3.00 bits per heavy atom. The van der Waals surface area contributed by atoms with Gasteiger partial charge in [-0.05, 0) is 12.1 Å². The molecule has 1 heterocycles. The highest BCUT2D eigenvalue weighted by Gasteiger charge is 2.03. The van der Waals surface area contributed by atoms with Gasteiger partial charge < -0.3 is 11.1 Å². The first-order chi connectivity index (χ1) is 7.22. The molecule has 0 radical (unpaired) electrons. The number of rotatable bonds is 4. The first-order valence-electron chi connectivity index (χ1n) is 4.56. The SMILES string of the molecule is N#CCCNC(=O)Cc1ccc(N)cn1. The van der Waals surface area contributed by atoms with Gasteiger partial charge in [0.2, 0.25) is 5.91 Å². The third-order valence-electron chi connectivity index (χ3n) is 1.75. The lowest BCUT2D eigenvalue weighted by molar-refractivity contribution is -0.120. The molecule has 5 nitrogen and oxygen atoms in total. The van der Waals surface area contributed by atoms with E-state index in [1.165, 1.54) is 6.20 Å². The highest BCUT2D eigenvalue weighted by atomic mass is 16.1. The molecule has 1 aromatic rings. The number of nitrogens with one attached hydrogen (secondary N) is 1. The molecule has 1 amide bonds. The van der Waals surface area contributed by atoms with E-state index in [4.69, 9.17) is 11.0 Å². The third-order valence-corrected chi connectivity index (χ3v) is 1.75. The van der Waals surface area contributed by atoms with Gasteiger partial charge in [0.25, 0.3) is 0 Å². The fourth-order valence-electron chi connectivity index (χ4n) is 1.03. The molecule has 0 saturated carbocycles. The second-order valence-electron chi connectivity index (χ2n) is 3.02. The highest BCUT2D eigenvalue weighted by Crippen LogP contribution is 2.01. The first-order valence-corrected chi connectivity index (χ1v) is 4.56. The van der Waals surface area contributed by atoms with Crippen molar-refractivity contribution in [1.82, 2.24) is 10.3 Å². The Balaban J connectivity index is 2.38. The van der Waals surface area contributed by atoms with Crippen molar-refractivity contribution in [3.05, 3.63) is 24.0 Å². The number of nitrogens with zero attached hydrogens (tertiary/aromatic N) is 2. The number of hydrogen-bond donors (Lipinski definition) is 2. The lowest BCUT2D eigenvalue weighted by atomic mass is 10.2. The molecule has 5 heteroatoms. The van der Waals surface area contributed by atoms with Crippen LogP contribution < -0.4 is 11.1 Å². The Labute approximate surface area is 87.9 Å². The first kappa shape index (κ1) is 11.0. The number of aromatic nitrogens is 1. The molecule has 0 aliphatic rings. The summed E-state index contributed by atoms with van der Waals surface area (Å²) in [6.45, 7) is 0.379. The van der Waals surface area contributed by atoms with Gasteiger partial charge in [0.1, 0.15) is 0 Å². The van der Waals surface area contributed by atoms with Crippen LogP contribution in [0.15, 0.2) is 18.3 Å². The van der Waals surface area contributed by atoms with Crippen LogP contribution in [-0.2, 0) is 11.2 Å². The van der Waals surface area contributed by atoms with Crippen molar-refractivity contribution in [2.75, 3.05) is 12.3 Å². The van der Waals surface area contributed by atoms with E-state index >= 15 is 0 Å². The zero-order valence-corrected chi connectivity index (χ0v) is 8.23. The van der Waals surface area contributed by atoms with Gasteiger partial charge in [-0.15, -0.1) is 0 Å². The largest absolute Gasteiger partial charge is 0.397 e. The van der Waals surface area contributed by atoms with Crippen molar-refractivity contribution >= 4 is 11.6 Å². The maximum atomic E-state index is 11.3. The molecule has 0 aromatic carbocycles. The van der Waals surface area contributed by atoms with Crippen LogP contribution >= 0.6 is 0 Å². The zero-order chi connectivity index (χ0) is 11.1. The van der Waals surface area contributed by atoms with Crippen molar-refractivity contribution in [2.45, 2.75) is 12.8 Å². The topological polar surface area (TPSA) is 91.8 Å². The molecule has 15 heavy (non-hydrogen) atoms. The number of carbonyl (C=O) groups is 1. The standard InChI is InChI=1S/C10H12N4O/c11-4-1-5-13-10(15)6-9-3-2-8(12)7-14-9/h2-3,7H,1,5-6,12H2,(H,13,15). The number of pyridine rings is 1. The van der Waals surface area contributed by atoms with E-state index in [1.807, 2.05) is 6.07 Å². The predicted molar refractivity (Wildman–Crippen MR) is 55.6 cm³/mol. The fourth-order valence-corrected chi connectivity index (χ4v) is 1.03. The van der Waals surface area contributed by atoms with Gasteiger partial charge in [-0.1, -0.05) is 0 Å². The molecule has 0 aliphatic heterocycles. The van der Waals surface area contributed by atoms with E-state index in [9.17, 15) is 4.79 Å². The average molecular weight is 204 g/mol. The molecular formula is C10H12N4O. The van der Waals surface area contributed by atoms with Crippen molar-refractivity contribution in [3.8, 4) is 6.07 Å². The molecule has 0 unspecified atom stereocenters. The second-order valence-corrected chi connectivity index (χ2v) is 3.02. The van der Waals surface area contributed by atoms with Crippen LogP contribution in [0.25, 0.3) is 0 Å². The number of nitrogen functional groups attached to an aromatic ring is 1. The minimum absolute atomic E-state index is 0.137. The summed E-state index contributed by atoms with van der Waals surface area (Å²) in [5.41, 5.74) is 6.69. The molecule has 78 valence electrons. The van der Waals surface area contributed by atoms with Crippen molar-refractivity contribution < 1.29 is 4.79 Å². The molecule has 0 bridgehead atoms. The van der Waals surface area contributed by atoms with Gasteiger partial charge in [0, 0.05) is 12.2 Å². The average Bonchev–Trinajstić information content (AvgIpc) is 2.22. The van der Waals surface area contributed by atoms with E-state index < -0.39 is 0 Å². The maximum absolute atomic E-state index is 11.3. The zero-order valence-electron chi connectivity index (χ0n) is 8.23. The van der Waals surface area contributed by atoms with Crippen molar-refractivity contribution in [2.24, 2.45) is 0 Å². The number of nitriles is 1. The van der Waals surface area contributed by atoms with Gasteiger partial charge in [-0.3, -0.25) is 9.78 Å². The predicted octanol–water partition coefficient (Wildman–Crippen LogP) is 0.236. The molecule has 1 aromatic heterocycles. The summed E-state index contributed by atoms with van der Waals surface area (Å²) in [6, 6.07) is 5.35. The quantitative estimate of drug-likeness (QED) is 0.687. The Morgan fingerprint density at radius 1 is 1.60 bits per heavy atom. The molecule has 3 N–H and O–H groups in total. The lowest BCUT2D eigenvalue weighted by Gasteiger charge is -2.02. The summed E-state index contributed by atoms with van der Waals surface area (Å²) in [4.78, 5) is 15.3. The van der Waals surface area contributed by atoms with Crippen LogP contribution in [0.3, 0.4) is 0 Å². The number of nitrogens with two attached hydrogens (primary N) is 1. The normalized spacial score (nSPS) is 9.27. The van der Waals surface area contributed by atoms with Gasteiger partial charge in [-0.2, -0.15) is 5.26 Å². The lowest BCUT2D eigenvalue weighted by Crippen LogP contribution is -2.26. The molecule has 0 fully saturated rings. The van der Waals surface area contributed by atoms with E-state index in [-0.39, 0.29) is 12.3 Å². The van der Waals surface area contributed by atoms with Crippen LogP contribution in [0.1, 0.15) is 12.1 Å². The molecule has 0 aliphatic carbocycles. The summed E-state index contributed by atoms with van der Waals surface area (Å²) < 4.78 is 0. The van der Waals surface area contributed by atoms with Gasteiger partial charge in [-0.25, -0.2) is 0 Å². The molecule has 1 rings (SSSR count). The van der Waals surface area contributed by atoms with Crippen LogP contribution in [0.2, 0.25) is 0 Å². The van der Waals surface area contributed by atoms with Crippen molar-refractivity contribution in [1.29, 1.82) is 5.26 Å². The molecule has 0 saturated heterocycles. The van der Waals surface area contributed by atoms with E-state index in [0.717, 1.165) is 0 Å². The summed E-state index contributed by atoms with van der Waals surface area (Å²) >= 11 is 0. The molecular weight excluding hydrogens is 192 g/mol. The maximum Gasteiger partial charge on any atom is 0.226 e. The number of carbonyl (C=O) groups excluding carboxylic acids is 1. The van der Waals surface area contributed by atoms with Crippen molar-refractivity contribution in [3.63, 3.8) is 0 Å². The van der Waals surface area contributed by atoms with Crippen LogP contribution in [0, 0.1) is 11.3 Å². The smallest absolute Gasteiger partial charge is 0.226 e. The third kappa shape index (κ3) is 4.09. The Bertz CT molecular complexity index is 366. The Hall–Kier alpha value is -2.09. The molecule has 0 spiro atoms. The van der Waals surface area contributed by atoms with Gasteiger partial charge >= 0.3 is 0 Å². The summed E-state index contributed by atoms with van der Waals surface area (Å²) in [5, 5.41) is 10.9. The minimum atomic E-state index is -0.137. The number of hydrogen-bond acceptors (Lipinski definition) is 4. The minimum Gasteiger partial charge on any atom is -0.397 e. The van der Waals surface area contributed by atoms with Crippen LogP contribution in [0.5, 0.6) is 0 Å². The second kappa shape index (κ2) is 5.60. The summed E-state index contributed by atoms with van der Waals surface area (Å²) in [5.74, 6) is -0.137. The van der Waals surface area contributed by atoms with Crippen LogP contribution in [-0.4, -0.2) is 17.4 Å². The Morgan fingerprint density at radius 2 is 2.40 bits per heavy atom. The monoisotopic (exact) mass is 204 g/mol. The highest BCUT2D eigenvalue weighted by molar-refractivity contribution is 5.78. The Kier molecular flexibility index (Phi) is 4.10. The van der Waals surface area contributed by atoms with E-state index in [2.05, 4.69) is 10.3 Å².